The SMILES string of the molecule is CCCCCCSC1=C(SCCCCCC)SC(=C2SC3=C(SC(=CC(=C4SC(SC)=C(SC)S4)c4ccc(C=C5SC6=C(S5)SC(=C5SC(SCCCCCC)=C(SCCCCCC)S5)S6)o4)S3)S2)S1. The molecule has 0 saturated heterocycles. The molecule has 8 rings (SSSR count). The van der Waals surface area contributed by atoms with Gasteiger partial charge in [0.25, 0.3) is 0 Å². The Labute approximate surface area is 512 Å². The molecule has 0 N–H and O–H groups in total. The molecule has 0 saturated carbocycles. The Bertz CT molecular complexity index is 2260. The van der Waals surface area contributed by atoms with Crippen molar-refractivity contribution in [2.45, 2.75) is 130 Å². The van der Waals surface area contributed by atoms with E-state index < -0.39 is 0 Å². The molecule has 8 heterocycles. The van der Waals surface area contributed by atoms with Gasteiger partial charge in [0.2, 0.25) is 0 Å². The summed E-state index contributed by atoms with van der Waals surface area (Å²) < 4.78 is 31.5. The minimum absolute atomic E-state index is 0.927. The second-order valence-electron chi connectivity index (χ2n) is 16.3. The van der Waals surface area contributed by atoms with Crippen molar-refractivity contribution in [1.29, 1.82) is 0 Å². The van der Waals surface area contributed by atoms with E-state index in [0.717, 1.165) is 11.5 Å². The molecule has 7 aliphatic rings. The second kappa shape index (κ2) is 33.0. The topological polar surface area (TPSA) is 13.1 Å². The van der Waals surface area contributed by atoms with Crippen LogP contribution in [0.4, 0.5) is 0 Å². The molecule has 71 heavy (non-hydrogen) atoms. The average Bonchev–Trinajstić information content (AvgIpc) is 4.24. The van der Waals surface area contributed by atoms with Crippen molar-refractivity contribution < 1.29 is 4.42 Å². The van der Waals surface area contributed by atoms with Crippen LogP contribution in [0.2, 0.25) is 0 Å². The van der Waals surface area contributed by atoms with Crippen molar-refractivity contribution in [2.24, 2.45) is 0 Å². The molecule has 0 spiro atoms. The minimum atomic E-state index is 0.927. The minimum Gasteiger partial charge on any atom is -0.457 e. The lowest BCUT2D eigenvalue weighted by atomic mass is 10.2. The smallest absolute Gasteiger partial charge is 0.136 e. The van der Waals surface area contributed by atoms with E-state index in [4.69, 9.17) is 4.42 Å². The summed E-state index contributed by atoms with van der Waals surface area (Å²) in [6.07, 6.45) is 30.4. The Balaban J connectivity index is 0.901. The lowest BCUT2D eigenvalue weighted by Crippen LogP contribution is -1.83. The fourth-order valence-electron chi connectivity index (χ4n) is 7.00. The highest BCUT2D eigenvalue weighted by atomic mass is 32.3. The molecule has 0 aliphatic carbocycles. The maximum Gasteiger partial charge on any atom is 0.136 e. The summed E-state index contributed by atoms with van der Waals surface area (Å²) in [7, 11) is 0. The van der Waals surface area contributed by atoms with Gasteiger partial charge in [0, 0.05) is 11.6 Å². The molecule has 0 aromatic carbocycles. The van der Waals surface area contributed by atoms with Crippen molar-refractivity contribution >= 4 is 247 Å². The Morgan fingerprint density at radius 3 is 1.11 bits per heavy atom. The number of hydrogen-bond acceptors (Lipinski definition) is 21. The van der Waals surface area contributed by atoms with Crippen LogP contribution in [0, 0.1) is 0 Å². The maximum atomic E-state index is 6.83. The molecule has 7 aliphatic heterocycles. The Morgan fingerprint density at radius 2 is 0.746 bits per heavy atom. The summed E-state index contributed by atoms with van der Waals surface area (Å²) in [5.74, 6) is 6.83. The number of allylic oxidation sites excluding steroid dienone is 2. The first-order valence-electron chi connectivity index (χ1n) is 24.5. The van der Waals surface area contributed by atoms with Crippen molar-refractivity contribution in [3.05, 3.63) is 102 Å². The van der Waals surface area contributed by atoms with Crippen LogP contribution in [0.1, 0.15) is 142 Å². The van der Waals surface area contributed by atoms with Gasteiger partial charge in [0.1, 0.15) is 11.5 Å². The van der Waals surface area contributed by atoms with Gasteiger partial charge in [-0.05, 0) is 79.4 Å². The zero-order valence-corrected chi connectivity index (χ0v) is 57.4. The molecular formula is C50H62OS20. The maximum absolute atomic E-state index is 6.83. The molecule has 1 aromatic heterocycles. The summed E-state index contributed by atoms with van der Waals surface area (Å²) >= 11 is 40.0. The predicted octanol–water partition coefficient (Wildman–Crippen LogP) is 26.3. The van der Waals surface area contributed by atoms with Crippen molar-refractivity contribution in [3.63, 3.8) is 0 Å². The van der Waals surface area contributed by atoms with Gasteiger partial charge in [-0.15, -0.1) is 70.6 Å². The zero-order valence-electron chi connectivity index (χ0n) is 41.0. The third kappa shape index (κ3) is 18.1. The van der Waals surface area contributed by atoms with Crippen LogP contribution in [-0.4, -0.2) is 35.5 Å². The van der Waals surface area contributed by atoms with Crippen LogP contribution in [-0.2, 0) is 0 Å². The van der Waals surface area contributed by atoms with E-state index >= 15 is 0 Å². The Morgan fingerprint density at radius 1 is 0.394 bits per heavy atom. The van der Waals surface area contributed by atoms with E-state index in [1.165, 1.54) is 186 Å². The number of unbranched alkanes of at least 4 members (excludes halogenated alkanes) is 12. The summed E-state index contributed by atoms with van der Waals surface area (Å²) in [6.45, 7) is 9.23. The van der Waals surface area contributed by atoms with E-state index in [0.29, 0.717) is 0 Å². The third-order valence-electron chi connectivity index (χ3n) is 10.7. The van der Waals surface area contributed by atoms with Crippen molar-refractivity contribution in [2.75, 3.05) is 35.5 Å². The van der Waals surface area contributed by atoms with Crippen LogP contribution in [0.25, 0.3) is 11.6 Å². The lowest BCUT2D eigenvalue weighted by Gasteiger charge is -2.08. The van der Waals surface area contributed by atoms with Gasteiger partial charge in [-0.1, -0.05) is 269 Å². The molecular weight excluding hydrogens is 1260 g/mol. The Kier molecular flexibility index (Phi) is 28.2. The highest BCUT2D eigenvalue weighted by Gasteiger charge is 2.37. The van der Waals surface area contributed by atoms with E-state index in [-0.39, 0.29) is 0 Å². The average molecular weight is 1320 g/mol. The molecule has 1 aromatic rings. The zero-order chi connectivity index (χ0) is 49.4. The van der Waals surface area contributed by atoms with E-state index in [9.17, 15) is 0 Å². The van der Waals surface area contributed by atoms with Gasteiger partial charge in [0.05, 0.1) is 72.0 Å². The summed E-state index contributed by atoms with van der Waals surface area (Å²) in [4.78, 5) is 0. The third-order valence-corrected chi connectivity index (χ3v) is 39.4. The van der Waals surface area contributed by atoms with Crippen LogP contribution in [0.5, 0.6) is 0 Å². The van der Waals surface area contributed by atoms with Crippen LogP contribution in [0.3, 0.4) is 0 Å². The standard InChI is InChI=1S/C50H62OS20/c1-7-11-15-19-25-54-39-40(55-26-20-16-12-8-2)65-47(64-39)49-68-43-44(69-49)59-34(58-43)29-31-23-24-33(51-31)32(36-62-37(52-5)38(53-6)63-36)30-35-60-45-46(61-35)71-50(70-45)48-66-41(56-27-21-17-13-9-3)42(67-48)57-28-22-18-14-10-4/h23-24,29-30H,7-22,25-28H2,1-6H3. The largest absolute Gasteiger partial charge is 0.457 e. The second-order valence-corrected chi connectivity index (χ2v) is 41.2. The summed E-state index contributed by atoms with van der Waals surface area (Å²) in [5, 5.41) is 0. The molecule has 0 radical (unpaired) electrons. The molecule has 0 fully saturated rings. The molecule has 1 nitrogen and oxygen atoms in total. The number of furan rings is 1. The number of hydrogen-bond donors (Lipinski definition) is 0. The van der Waals surface area contributed by atoms with Gasteiger partial charge in [-0.3, -0.25) is 0 Å². The quantitative estimate of drug-likeness (QED) is 0.0706. The monoisotopic (exact) mass is 1320 g/mol. The lowest BCUT2D eigenvalue weighted by molar-refractivity contribution is 0.544. The summed E-state index contributed by atoms with van der Waals surface area (Å²) in [5.41, 5.74) is 1.20. The van der Waals surface area contributed by atoms with Crippen LogP contribution in [0.15, 0.2) is 94.7 Å². The van der Waals surface area contributed by atoms with Crippen LogP contribution >= 0.6 is 235 Å². The predicted molar refractivity (Wildman–Crippen MR) is 371 cm³/mol. The van der Waals surface area contributed by atoms with Gasteiger partial charge in [0.15, 0.2) is 0 Å². The van der Waals surface area contributed by atoms with Crippen molar-refractivity contribution in [3.8, 4) is 0 Å². The highest BCUT2D eigenvalue weighted by molar-refractivity contribution is 8.51. The van der Waals surface area contributed by atoms with Gasteiger partial charge < -0.3 is 4.42 Å². The van der Waals surface area contributed by atoms with Crippen molar-refractivity contribution in [1.82, 2.24) is 0 Å². The first kappa shape index (κ1) is 60.8. The van der Waals surface area contributed by atoms with Gasteiger partial charge >= 0.3 is 0 Å². The highest BCUT2D eigenvalue weighted by Crippen LogP contribution is 2.73. The normalized spacial score (nSPS) is 19.3. The summed E-state index contributed by atoms with van der Waals surface area (Å²) in [6, 6.07) is 4.39. The fourth-order valence-corrected chi connectivity index (χ4v) is 37.1. The van der Waals surface area contributed by atoms with Crippen LogP contribution < -0.4 is 0 Å². The molecule has 388 valence electrons. The first-order chi connectivity index (χ1) is 34.9. The molecule has 0 amide bonds. The number of rotatable bonds is 29. The van der Waals surface area contributed by atoms with E-state index in [2.05, 4.69) is 159 Å². The van der Waals surface area contributed by atoms with Gasteiger partial charge in [-0.2, -0.15) is 0 Å². The Hall–Kier alpha value is 3.68. The van der Waals surface area contributed by atoms with E-state index in [1.807, 2.05) is 141 Å². The van der Waals surface area contributed by atoms with Gasteiger partial charge in [-0.25, -0.2) is 0 Å². The fraction of sp³-hybridized carbons (Fsp3) is 0.520. The molecule has 0 unspecified atom stereocenters. The van der Waals surface area contributed by atoms with E-state index in [1.54, 1.807) is 16.9 Å². The number of thioether (sulfide) groups is 20. The molecule has 21 heteroatoms. The first-order valence-corrected chi connectivity index (χ1v) is 42.3. The molecule has 0 bridgehead atoms. The molecule has 0 atom stereocenters.